The standard InChI is InChI=1S/C9H18N2O3S2/c1-16(13,14)5-4-15-7-9(2-3-9)6-8(10)11-12/h12H,2-7H2,1H3,(H2,10,11). The monoisotopic (exact) mass is 266 g/mol. The normalized spacial score (nSPS) is 19.7. The molecular formula is C9H18N2O3S2. The Bertz CT molecular complexity index is 361. The molecule has 1 rings (SSSR count). The van der Waals surface area contributed by atoms with Gasteiger partial charge in [-0.3, -0.25) is 0 Å². The van der Waals surface area contributed by atoms with Crippen LogP contribution in [-0.4, -0.2) is 43.0 Å². The second-order valence-electron chi connectivity index (χ2n) is 4.45. The van der Waals surface area contributed by atoms with Crippen LogP contribution in [-0.2, 0) is 9.84 Å². The van der Waals surface area contributed by atoms with Crippen LogP contribution in [0.25, 0.3) is 0 Å². The molecule has 16 heavy (non-hydrogen) atoms. The van der Waals surface area contributed by atoms with E-state index < -0.39 is 9.84 Å². The number of hydrogen-bond donors (Lipinski definition) is 2. The SMILES string of the molecule is CS(=O)(=O)CCSCC1(CC(N)=NO)CC1. The molecule has 0 heterocycles. The summed E-state index contributed by atoms with van der Waals surface area (Å²) in [5.74, 6) is 1.99. The van der Waals surface area contributed by atoms with Crippen molar-refractivity contribution in [1.29, 1.82) is 0 Å². The minimum absolute atomic E-state index is 0.151. The highest BCUT2D eigenvalue weighted by atomic mass is 32.2. The lowest BCUT2D eigenvalue weighted by atomic mass is 10.1. The molecule has 0 amide bonds. The zero-order valence-corrected chi connectivity index (χ0v) is 11.0. The van der Waals surface area contributed by atoms with Crippen LogP contribution in [0.15, 0.2) is 5.16 Å². The molecule has 0 atom stereocenters. The van der Waals surface area contributed by atoms with Crippen molar-refractivity contribution >= 4 is 27.4 Å². The minimum Gasteiger partial charge on any atom is -0.409 e. The van der Waals surface area contributed by atoms with Crippen LogP contribution in [0.4, 0.5) is 0 Å². The first-order chi connectivity index (χ1) is 7.37. The molecule has 0 aromatic rings. The van der Waals surface area contributed by atoms with Crippen molar-refractivity contribution < 1.29 is 13.6 Å². The predicted octanol–water partition coefficient (Wildman–Crippen LogP) is 0.681. The summed E-state index contributed by atoms with van der Waals surface area (Å²) in [5.41, 5.74) is 5.62. The largest absolute Gasteiger partial charge is 0.409 e. The number of sulfone groups is 1. The third kappa shape index (κ3) is 5.07. The molecule has 0 radical (unpaired) electrons. The molecule has 7 heteroatoms. The van der Waals surface area contributed by atoms with Crippen molar-refractivity contribution in [3.8, 4) is 0 Å². The lowest BCUT2D eigenvalue weighted by molar-refractivity contribution is 0.315. The van der Waals surface area contributed by atoms with Gasteiger partial charge in [-0.2, -0.15) is 11.8 Å². The van der Waals surface area contributed by atoms with E-state index in [1.54, 1.807) is 11.8 Å². The van der Waals surface area contributed by atoms with Gasteiger partial charge in [0.15, 0.2) is 0 Å². The number of rotatable bonds is 7. The topological polar surface area (TPSA) is 92.8 Å². The molecule has 0 saturated heterocycles. The number of oxime groups is 1. The summed E-state index contributed by atoms with van der Waals surface area (Å²) in [4.78, 5) is 0. The Labute approximate surface area is 100 Å². The van der Waals surface area contributed by atoms with Gasteiger partial charge in [-0.05, 0) is 24.0 Å². The Balaban J connectivity index is 2.23. The van der Waals surface area contributed by atoms with Crippen LogP contribution >= 0.6 is 11.8 Å². The first-order valence-electron chi connectivity index (χ1n) is 5.09. The average Bonchev–Trinajstić information content (AvgIpc) is 2.92. The van der Waals surface area contributed by atoms with E-state index in [0.29, 0.717) is 12.2 Å². The molecule has 3 N–H and O–H groups in total. The van der Waals surface area contributed by atoms with E-state index in [-0.39, 0.29) is 17.0 Å². The molecule has 1 saturated carbocycles. The second-order valence-corrected chi connectivity index (χ2v) is 7.82. The molecule has 1 aliphatic carbocycles. The highest BCUT2D eigenvalue weighted by Crippen LogP contribution is 2.50. The lowest BCUT2D eigenvalue weighted by Crippen LogP contribution is -2.19. The fraction of sp³-hybridized carbons (Fsp3) is 0.889. The van der Waals surface area contributed by atoms with Crippen molar-refractivity contribution in [2.75, 3.05) is 23.5 Å². The molecule has 0 aliphatic heterocycles. The number of hydrogen-bond acceptors (Lipinski definition) is 5. The molecule has 94 valence electrons. The van der Waals surface area contributed by atoms with Crippen molar-refractivity contribution in [3.63, 3.8) is 0 Å². The highest BCUT2D eigenvalue weighted by molar-refractivity contribution is 8.00. The summed E-state index contributed by atoms with van der Waals surface area (Å²) in [6.45, 7) is 0. The van der Waals surface area contributed by atoms with Crippen LogP contribution in [0.5, 0.6) is 0 Å². The van der Waals surface area contributed by atoms with Gasteiger partial charge in [-0.25, -0.2) is 8.42 Å². The predicted molar refractivity (Wildman–Crippen MR) is 66.7 cm³/mol. The van der Waals surface area contributed by atoms with E-state index >= 15 is 0 Å². The summed E-state index contributed by atoms with van der Waals surface area (Å²) in [5, 5.41) is 11.5. The van der Waals surface area contributed by atoms with Gasteiger partial charge >= 0.3 is 0 Å². The van der Waals surface area contributed by atoms with Crippen molar-refractivity contribution in [1.82, 2.24) is 0 Å². The van der Waals surface area contributed by atoms with E-state index in [9.17, 15) is 8.42 Å². The van der Waals surface area contributed by atoms with E-state index in [0.717, 1.165) is 18.6 Å². The molecular weight excluding hydrogens is 248 g/mol. The summed E-state index contributed by atoms with van der Waals surface area (Å²) in [7, 11) is -2.86. The van der Waals surface area contributed by atoms with Gasteiger partial charge in [0.2, 0.25) is 0 Å². The number of nitrogens with zero attached hydrogens (tertiary/aromatic N) is 1. The minimum atomic E-state index is -2.86. The lowest BCUT2D eigenvalue weighted by Gasteiger charge is -2.13. The van der Waals surface area contributed by atoms with Crippen molar-refractivity contribution in [2.24, 2.45) is 16.3 Å². The van der Waals surface area contributed by atoms with Gasteiger partial charge in [0.25, 0.3) is 0 Å². The van der Waals surface area contributed by atoms with Crippen LogP contribution in [0, 0.1) is 5.41 Å². The van der Waals surface area contributed by atoms with Gasteiger partial charge in [0.1, 0.15) is 15.7 Å². The third-order valence-corrected chi connectivity index (χ3v) is 5.16. The maximum absolute atomic E-state index is 10.9. The zero-order valence-electron chi connectivity index (χ0n) is 9.35. The molecule has 0 aromatic carbocycles. The zero-order chi connectivity index (χ0) is 12.2. The van der Waals surface area contributed by atoms with Gasteiger partial charge < -0.3 is 10.9 Å². The Morgan fingerprint density at radius 1 is 1.56 bits per heavy atom. The Hall–Kier alpha value is -0.430. The van der Waals surface area contributed by atoms with E-state index in [4.69, 9.17) is 10.9 Å². The fourth-order valence-corrected chi connectivity index (χ4v) is 4.12. The van der Waals surface area contributed by atoms with Gasteiger partial charge in [0.05, 0.1) is 5.75 Å². The van der Waals surface area contributed by atoms with Gasteiger partial charge in [0, 0.05) is 18.4 Å². The number of nitrogens with two attached hydrogens (primary N) is 1. The second kappa shape index (κ2) is 5.27. The molecule has 0 bridgehead atoms. The van der Waals surface area contributed by atoms with E-state index in [2.05, 4.69) is 5.16 Å². The van der Waals surface area contributed by atoms with Crippen LogP contribution in [0.1, 0.15) is 19.3 Å². The maximum atomic E-state index is 10.9. The smallest absolute Gasteiger partial charge is 0.148 e. The molecule has 1 fully saturated rings. The Kier molecular flexibility index (Phi) is 4.49. The first kappa shape index (κ1) is 13.6. The molecule has 0 aromatic heterocycles. The van der Waals surface area contributed by atoms with E-state index in [1.165, 1.54) is 6.26 Å². The number of thioether (sulfide) groups is 1. The molecule has 0 unspecified atom stereocenters. The molecule has 0 spiro atoms. The average molecular weight is 266 g/mol. The van der Waals surface area contributed by atoms with Crippen LogP contribution in [0.2, 0.25) is 0 Å². The summed E-state index contributed by atoms with van der Waals surface area (Å²) < 4.78 is 21.8. The van der Waals surface area contributed by atoms with Crippen molar-refractivity contribution in [2.45, 2.75) is 19.3 Å². The fourth-order valence-electron chi connectivity index (χ4n) is 1.47. The number of amidine groups is 1. The summed E-state index contributed by atoms with van der Waals surface area (Å²) in [6.07, 6.45) is 4.01. The van der Waals surface area contributed by atoms with Gasteiger partial charge in [-0.1, -0.05) is 5.16 Å². The summed E-state index contributed by atoms with van der Waals surface area (Å²) in [6, 6.07) is 0. The van der Waals surface area contributed by atoms with Gasteiger partial charge in [-0.15, -0.1) is 0 Å². The Morgan fingerprint density at radius 2 is 2.19 bits per heavy atom. The molecule has 1 aliphatic rings. The van der Waals surface area contributed by atoms with Crippen LogP contribution < -0.4 is 5.73 Å². The van der Waals surface area contributed by atoms with Crippen LogP contribution in [0.3, 0.4) is 0 Å². The maximum Gasteiger partial charge on any atom is 0.148 e. The quantitative estimate of drug-likeness (QED) is 0.232. The summed E-state index contributed by atoms with van der Waals surface area (Å²) >= 11 is 1.63. The van der Waals surface area contributed by atoms with Crippen molar-refractivity contribution in [3.05, 3.63) is 0 Å². The molecule has 5 nitrogen and oxygen atoms in total. The Morgan fingerprint density at radius 3 is 2.62 bits per heavy atom. The first-order valence-corrected chi connectivity index (χ1v) is 8.30. The highest BCUT2D eigenvalue weighted by Gasteiger charge is 2.42. The third-order valence-electron chi connectivity index (χ3n) is 2.65. The van der Waals surface area contributed by atoms with E-state index in [1.807, 2.05) is 0 Å².